The first-order valence-electron chi connectivity index (χ1n) is 8.69. The van der Waals surface area contributed by atoms with Crippen molar-refractivity contribution in [3.05, 3.63) is 77.1 Å². The maximum Gasteiger partial charge on any atom is 0.327 e. The van der Waals surface area contributed by atoms with Crippen molar-refractivity contribution in [3.8, 4) is 0 Å². The number of nitrogens with zero attached hydrogens (tertiary/aromatic N) is 1. The summed E-state index contributed by atoms with van der Waals surface area (Å²) in [5.74, 6) is -0.603. The smallest absolute Gasteiger partial charge is 0.327 e. The van der Waals surface area contributed by atoms with Crippen LogP contribution in [0.1, 0.15) is 36.5 Å². The zero-order valence-electron chi connectivity index (χ0n) is 15.5. The van der Waals surface area contributed by atoms with Crippen LogP contribution in [-0.2, 0) is 9.53 Å². The summed E-state index contributed by atoms with van der Waals surface area (Å²) in [5.41, 5.74) is 4.26. The molecule has 0 saturated heterocycles. The molecule has 0 N–H and O–H groups in total. The van der Waals surface area contributed by atoms with Crippen LogP contribution in [0, 0.1) is 12.7 Å². The number of rotatable bonds is 7. The third-order valence-electron chi connectivity index (χ3n) is 4.03. The van der Waals surface area contributed by atoms with E-state index >= 15 is 0 Å². The summed E-state index contributed by atoms with van der Waals surface area (Å²) < 4.78 is 18.3. The van der Waals surface area contributed by atoms with Crippen LogP contribution in [0.3, 0.4) is 0 Å². The van der Waals surface area contributed by atoms with Crippen molar-refractivity contribution in [1.82, 2.24) is 0 Å². The Labute approximate surface area is 154 Å². The van der Waals surface area contributed by atoms with Gasteiger partial charge >= 0.3 is 5.97 Å². The molecular weight excluding hydrogens is 329 g/mol. The summed E-state index contributed by atoms with van der Waals surface area (Å²) in [4.78, 5) is 16.0. The molecule has 2 aromatic carbocycles. The van der Waals surface area contributed by atoms with E-state index in [1.165, 1.54) is 13.2 Å². The second kappa shape index (κ2) is 9.66. The Morgan fingerprint density at radius 2 is 1.88 bits per heavy atom. The van der Waals surface area contributed by atoms with Crippen LogP contribution in [0.4, 0.5) is 4.39 Å². The van der Waals surface area contributed by atoms with E-state index in [0.29, 0.717) is 11.3 Å². The number of carbonyl (C=O) groups is 1. The van der Waals surface area contributed by atoms with Gasteiger partial charge in [0.05, 0.1) is 12.8 Å². The number of carbonyl (C=O) groups excluding carboxylic acids is 1. The van der Waals surface area contributed by atoms with Crippen molar-refractivity contribution in [2.24, 2.45) is 4.99 Å². The second-order valence-electron chi connectivity index (χ2n) is 6.03. The van der Waals surface area contributed by atoms with Gasteiger partial charge in [-0.3, -0.25) is 9.79 Å². The number of esters is 1. The molecule has 26 heavy (non-hydrogen) atoms. The maximum absolute atomic E-state index is 13.6. The molecule has 2 rings (SSSR count). The van der Waals surface area contributed by atoms with E-state index in [2.05, 4.69) is 11.9 Å². The average molecular weight is 353 g/mol. The van der Waals surface area contributed by atoms with E-state index in [9.17, 15) is 9.18 Å². The van der Waals surface area contributed by atoms with Crippen LogP contribution in [0.5, 0.6) is 0 Å². The van der Waals surface area contributed by atoms with Crippen LogP contribution in [0.15, 0.2) is 59.6 Å². The highest BCUT2D eigenvalue weighted by Crippen LogP contribution is 2.23. The van der Waals surface area contributed by atoms with Crippen LogP contribution >= 0.6 is 0 Å². The number of methoxy groups -OCH3 is 1. The number of ether oxygens (including phenoxy) is 1. The van der Waals surface area contributed by atoms with Crippen LogP contribution in [-0.4, -0.2) is 25.3 Å². The fraction of sp³-hybridized carbons (Fsp3) is 0.273. The van der Waals surface area contributed by atoms with Crippen molar-refractivity contribution in [3.63, 3.8) is 0 Å². The highest BCUT2D eigenvalue weighted by Gasteiger charge is 2.08. The molecule has 0 heterocycles. The summed E-state index contributed by atoms with van der Waals surface area (Å²) in [7, 11) is 1.35. The zero-order valence-corrected chi connectivity index (χ0v) is 15.5. The van der Waals surface area contributed by atoms with E-state index in [4.69, 9.17) is 4.74 Å². The van der Waals surface area contributed by atoms with Gasteiger partial charge in [-0.25, -0.2) is 4.39 Å². The van der Waals surface area contributed by atoms with Gasteiger partial charge in [-0.2, -0.15) is 0 Å². The number of benzene rings is 2. The SMILES string of the molecule is CCC/C(=C\C(=NCC(=O)OC)c1ccccc1)c1ccc(F)c(C)c1. The van der Waals surface area contributed by atoms with Gasteiger partial charge in [0.2, 0.25) is 0 Å². The fourth-order valence-electron chi connectivity index (χ4n) is 2.62. The minimum absolute atomic E-state index is 0.0426. The molecule has 0 radical (unpaired) electrons. The first kappa shape index (κ1) is 19.6. The average Bonchev–Trinajstić information content (AvgIpc) is 2.66. The van der Waals surface area contributed by atoms with Gasteiger partial charge in [0, 0.05) is 0 Å². The van der Waals surface area contributed by atoms with Crippen molar-refractivity contribution in [2.75, 3.05) is 13.7 Å². The van der Waals surface area contributed by atoms with Crippen molar-refractivity contribution in [1.29, 1.82) is 0 Å². The van der Waals surface area contributed by atoms with Crippen LogP contribution in [0.2, 0.25) is 0 Å². The molecule has 3 nitrogen and oxygen atoms in total. The van der Waals surface area contributed by atoms with E-state index in [1.807, 2.05) is 42.5 Å². The molecule has 2 aromatic rings. The topological polar surface area (TPSA) is 38.7 Å². The molecule has 0 unspecified atom stereocenters. The van der Waals surface area contributed by atoms with Gasteiger partial charge in [-0.1, -0.05) is 49.7 Å². The molecule has 0 aliphatic carbocycles. The summed E-state index contributed by atoms with van der Waals surface area (Å²) in [5, 5.41) is 0. The molecule has 4 heteroatoms. The zero-order chi connectivity index (χ0) is 18.9. The summed E-state index contributed by atoms with van der Waals surface area (Å²) in [6, 6.07) is 14.8. The number of aliphatic imine (C=N–C) groups is 1. The Hall–Kier alpha value is -2.75. The highest BCUT2D eigenvalue weighted by atomic mass is 19.1. The van der Waals surface area contributed by atoms with Gasteiger partial charge in [0.15, 0.2) is 0 Å². The first-order valence-corrected chi connectivity index (χ1v) is 8.69. The standard InChI is InChI=1S/C22H24FNO2/c1-4-8-18(19-11-12-20(23)16(2)13-19)14-21(24-15-22(25)26-3)17-9-6-5-7-10-17/h5-7,9-14H,4,8,15H2,1-3H3/b18-14+,24-21?. The van der Waals surface area contributed by atoms with Gasteiger partial charge in [0.25, 0.3) is 0 Å². The molecular formula is C22H24FNO2. The lowest BCUT2D eigenvalue weighted by Crippen LogP contribution is -2.08. The lowest BCUT2D eigenvalue weighted by molar-refractivity contribution is -0.138. The van der Waals surface area contributed by atoms with Crippen molar-refractivity contribution in [2.45, 2.75) is 26.7 Å². The molecule has 0 spiro atoms. The third-order valence-corrected chi connectivity index (χ3v) is 4.03. The second-order valence-corrected chi connectivity index (χ2v) is 6.03. The first-order chi connectivity index (χ1) is 12.5. The molecule has 0 bridgehead atoms. The van der Waals surface area contributed by atoms with Crippen LogP contribution < -0.4 is 0 Å². The van der Waals surface area contributed by atoms with Crippen LogP contribution in [0.25, 0.3) is 5.57 Å². The number of allylic oxidation sites excluding steroid dienone is 2. The minimum Gasteiger partial charge on any atom is -0.468 e. The van der Waals surface area contributed by atoms with Gasteiger partial charge in [-0.15, -0.1) is 0 Å². The Morgan fingerprint density at radius 1 is 1.15 bits per heavy atom. The third kappa shape index (κ3) is 5.38. The number of halogens is 1. The Bertz CT molecular complexity index is 810. The summed E-state index contributed by atoms with van der Waals surface area (Å²) in [6.07, 6.45) is 3.75. The fourth-order valence-corrected chi connectivity index (χ4v) is 2.62. The lowest BCUT2D eigenvalue weighted by atomic mass is 9.96. The molecule has 0 saturated carbocycles. The Balaban J connectivity index is 2.48. The lowest BCUT2D eigenvalue weighted by Gasteiger charge is -2.10. The summed E-state index contributed by atoms with van der Waals surface area (Å²) >= 11 is 0. The van der Waals surface area contributed by atoms with E-state index < -0.39 is 0 Å². The van der Waals surface area contributed by atoms with Gasteiger partial charge in [0.1, 0.15) is 12.4 Å². The molecule has 0 fully saturated rings. The molecule has 0 atom stereocenters. The highest BCUT2D eigenvalue weighted by molar-refractivity contribution is 6.12. The van der Waals surface area contributed by atoms with Gasteiger partial charge < -0.3 is 4.74 Å². The predicted molar refractivity (Wildman–Crippen MR) is 104 cm³/mol. The van der Waals surface area contributed by atoms with E-state index in [1.54, 1.807) is 13.0 Å². The minimum atomic E-state index is -0.388. The van der Waals surface area contributed by atoms with Gasteiger partial charge in [-0.05, 0) is 53.8 Å². The normalized spacial score (nSPS) is 12.2. The van der Waals surface area contributed by atoms with Crippen molar-refractivity contribution < 1.29 is 13.9 Å². The molecule has 0 aromatic heterocycles. The number of hydrogen-bond donors (Lipinski definition) is 0. The monoisotopic (exact) mass is 353 g/mol. The molecule has 0 amide bonds. The number of aryl methyl sites for hydroxylation is 1. The molecule has 0 aliphatic heterocycles. The van der Waals surface area contributed by atoms with E-state index in [0.717, 1.165) is 29.5 Å². The number of hydrogen-bond acceptors (Lipinski definition) is 3. The molecule has 0 aliphatic rings. The maximum atomic E-state index is 13.6. The molecule has 136 valence electrons. The quantitative estimate of drug-likeness (QED) is 0.520. The predicted octanol–water partition coefficient (Wildman–Crippen LogP) is 4.98. The summed E-state index contributed by atoms with van der Waals surface area (Å²) in [6.45, 7) is 3.81. The Kier molecular flexibility index (Phi) is 7.27. The van der Waals surface area contributed by atoms with E-state index in [-0.39, 0.29) is 18.3 Å². The largest absolute Gasteiger partial charge is 0.468 e. The Morgan fingerprint density at radius 3 is 2.50 bits per heavy atom. The van der Waals surface area contributed by atoms with Crippen molar-refractivity contribution >= 4 is 17.3 Å².